The van der Waals surface area contributed by atoms with Crippen molar-refractivity contribution in [3.63, 3.8) is 0 Å². The van der Waals surface area contributed by atoms with Gasteiger partial charge in [-0.15, -0.1) is 0 Å². The van der Waals surface area contributed by atoms with E-state index in [1.165, 1.54) is 0 Å². The SMILES string of the molecule is C.[2H]C([2H])(C(C)=O)C([2H])([2H])C(C)C.[2H]C([2H])(C(C)=O)C([2H])([2H])C(C)C.[2H]C([2H])(C(C)=O)C([2H])([2H])C(C)C. The van der Waals surface area contributed by atoms with E-state index in [9.17, 15) is 14.4 Å². The Hall–Kier alpha value is -0.990. The number of hydrogen-bond acceptors (Lipinski definition) is 3. The summed E-state index contributed by atoms with van der Waals surface area (Å²) in [5, 5.41) is 0. The Bertz CT molecular complexity index is 658. The molecule has 0 N–H and O–H groups in total. The molecule has 25 heavy (non-hydrogen) atoms. The van der Waals surface area contributed by atoms with Crippen molar-refractivity contribution in [2.24, 2.45) is 17.8 Å². The molecule has 0 aliphatic rings. The number of carbonyl (C=O) groups excluding carboxylic acids is 3. The maximum atomic E-state index is 10.8. The maximum absolute atomic E-state index is 10.8. The lowest BCUT2D eigenvalue weighted by Crippen LogP contribution is -1.93. The number of rotatable bonds is 9. The van der Waals surface area contributed by atoms with Crippen molar-refractivity contribution in [3.05, 3.63) is 0 Å². The summed E-state index contributed by atoms with van der Waals surface area (Å²) in [5.41, 5.74) is 0. The Morgan fingerprint density at radius 1 is 0.600 bits per heavy atom. The fraction of sp³-hybridized carbons (Fsp3) is 0.864. The zero-order valence-corrected chi connectivity index (χ0v) is 16.5. The zero-order valence-electron chi connectivity index (χ0n) is 28.5. The van der Waals surface area contributed by atoms with Crippen LogP contribution in [0.15, 0.2) is 0 Å². The topological polar surface area (TPSA) is 51.2 Å². The molecule has 0 aromatic heterocycles. The van der Waals surface area contributed by atoms with Gasteiger partial charge in [-0.1, -0.05) is 49.0 Å². The highest BCUT2D eigenvalue weighted by Gasteiger charge is 1.96. The van der Waals surface area contributed by atoms with Crippen LogP contribution < -0.4 is 0 Å². The van der Waals surface area contributed by atoms with Crippen LogP contribution in [0.3, 0.4) is 0 Å². The molecule has 0 radical (unpaired) electrons. The van der Waals surface area contributed by atoms with Crippen LogP contribution in [-0.2, 0) is 14.4 Å². The van der Waals surface area contributed by atoms with Crippen molar-refractivity contribution in [1.29, 1.82) is 0 Å². The monoisotopic (exact) mass is 370 g/mol. The van der Waals surface area contributed by atoms with Crippen LogP contribution in [-0.4, -0.2) is 17.3 Å². The third-order valence-corrected chi connectivity index (χ3v) is 1.61. The molecule has 0 aliphatic heterocycles. The Morgan fingerprint density at radius 3 is 0.800 bits per heavy atom. The molecule has 0 heterocycles. The molecule has 0 spiro atoms. The summed E-state index contributed by atoms with van der Waals surface area (Å²) in [6, 6.07) is 0. The predicted molar refractivity (Wildman–Crippen MR) is 111 cm³/mol. The molecule has 0 atom stereocenters. The highest BCUT2D eigenvalue weighted by molar-refractivity contribution is 5.75. The minimum atomic E-state index is -2.39. The summed E-state index contributed by atoms with van der Waals surface area (Å²) < 4.78 is 87.8. The van der Waals surface area contributed by atoms with Gasteiger partial charge >= 0.3 is 0 Å². The Morgan fingerprint density at radius 2 is 0.760 bits per heavy atom. The van der Waals surface area contributed by atoms with Crippen LogP contribution in [0.5, 0.6) is 0 Å². The fourth-order valence-electron chi connectivity index (χ4n) is 0.738. The number of hydrogen-bond donors (Lipinski definition) is 0. The molecule has 0 fully saturated rings. The molecule has 0 saturated carbocycles. The zero-order chi connectivity index (χ0) is 30.5. The second-order valence-electron chi connectivity index (χ2n) is 5.94. The standard InChI is InChI=1S/3C7H14O.CH4/c3*1-6(2)4-5-7(3)8;/h3*6H,4-5H2,1-3H3;1H4/i3*4D2,5D2;. The smallest absolute Gasteiger partial charge is 0.129 e. The molecule has 0 aromatic carbocycles. The van der Waals surface area contributed by atoms with E-state index >= 15 is 0 Å². The molecule has 0 amide bonds. The van der Waals surface area contributed by atoms with Gasteiger partial charge in [-0.05, 0) is 57.6 Å². The van der Waals surface area contributed by atoms with Crippen molar-refractivity contribution in [1.82, 2.24) is 0 Å². The first kappa shape index (κ1) is 12.4. The lowest BCUT2D eigenvalue weighted by Gasteiger charge is -1.98. The molecule has 0 rings (SSSR count). The van der Waals surface area contributed by atoms with E-state index in [0.29, 0.717) is 0 Å². The maximum Gasteiger partial charge on any atom is 0.129 e. The molecular formula is C22H46O3. The summed E-state index contributed by atoms with van der Waals surface area (Å²) in [5.74, 6) is -3.84. The van der Waals surface area contributed by atoms with Gasteiger partial charge in [0.25, 0.3) is 0 Å². The first-order chi connectivity index (χ1) is 15.4. The van der Waals surface area contributed by atoms with E-state index < -0.39 is 73.3 Å². The Labute approximate surface area is 175 Å². The van der Waals surface area contributed by atoms with Crippen LogP contribution in [0.25, 0.3) is 0 Å². The van der Waals surface area contributed by atoms with E-state index in [2.05, 4.69) is 0 Å². The molecule has 3 nitrogen and oxygen atoms in total. The number of carbonyl (C=O) groups is 3. The average molecular weight is 371 g/mol. The van der Waals surface area contributed by atoms with Crippen molar-refractivity contribution < 1.29 is 30.8 Å². The summed E-state index contributed by atoms with van der Waals surface area (Å²) in [4.78, 5) is 32.4. The summed E-state index contributed by atoms with van der Waals surface area (Å²) in [6.07, 6.45) is -13.5. The van der Waals surface area contributed by atoms with Gasteiger partial charge in [0.1, 0.15) is 17.3 Å². The molecule has 0 aromatic rings. The van der Waals surface area contributed by atoms with Crippen molar-refractivity contribution in [2.45, 2.75) is 108 Å². The third-order valence-electron chi connectivity index (χ3n) is 1.61. The van der Waals surface area contributed by atoms with Gasteiger partial charge in [-0.25, -0.2) is 0 Å². The quantitative estimate of drug-likeness (QED) is 0.455. The van der Waals surface area contributed by atoms with E-state index in [0.717, 1.165) is 20.8 Å². The third kappa shape index (κ3) is 51.7. The highest BCUT2D eigenvalue weighted by Crippen LogP contribution is 2.03. The minimum Gasteiger partial charge on any atom is -0.300 e. The van der Waals surface area contributed by atoms with E-state index in [1.807, 2.05) is 0 Å². The summed E-state index contributed by atoms with van der Waals surface area (Å²) >= 11 is 0. The number of ketones is 3. The first-order valence-corrected chi connectivity index (χ1v) is 7.94. The van der Waals surface area contributed by atoms with Crippen molar-refractivity contribution in [3.8, 4) is 0 Å². The second kappa shape index (κ2) is 21.1. The molecule has 0 unspecified atom stereocenters. The Balaban J connectivity index is -0.000000218. The van der Waals surface area contributed by atoms with E-state index in [4.69, 9.17) is 16.4 Å². The molecule has 152 valence electrons. The number of Topliss-reactive ketones (excluding diaryl/α,β-unsaturated/α-hetero) is 3. The lowest BCUT2D eigenvalue weighted by atomic mass is 10.1. The van der Waals surface area contributed by atoms with Crippen LogP contribution in [0, 0.1) is 17.8 Å². The first-order valence-electron chi connectivity index (χ1n) is 13.9. The molecule has 0 bridgehead atoms. The lowest BCUT2D eigenvalue weighted by molar-refractivity contribution is -0.118. The van der Waals surface area contributed by atoms with Gasteiger partial charge in [0.05, 0.1) is 0 Å². The van der Waals surface area contributed by atoms with Gasteiger partial charge in [-0.3, -0.25) is 0 Å². The van der Waals surface area contributed by atoms with Crippen LogP contribution in [0.2, 0.25) is 0 Å². The van der Waals surface area contributed by atoms with Gasteiger partial charge in [0, 0.05) is 35.6 Å². The van der Waals surface area contributed by atoms with Crippen molar-refractivity contribution in [2.75, 3.05) is 0 Å². The highest BCUT2D eigenvalue weighted by atomic mass is 16.1. The van der Waals surface area contributed by atoms with Crippen LogP contribution in [0.1, 0.15) is 124 Å². The van der Waals surface area contributed by atoms with Crippen molar-refractivity contribution >= 4 is 17.3 Å². The summed E-state index contributed by atoms with van der Waals surface area (Å²) in [6.45, 7) is 12.5. The van der Waals surface area contributed by atoms with Crippen LogP contribution >= 0.6 is 0 Å². The second-order valence-corrected chi connectivity index (χ2v) is 5.94. The van der Waals surface area contributed by atoms with Gasteiger partial charge < -0.3 is 14.4 Å². The predicted octanol–water partition coefficient (Wildman–Crippen LogP) is 6.67. The molecular weight excluding hydrogens is 312 g/mol. The molecule has 3 heteroatoms. The largest absolute Gasteiger partial charge is 0.300 e. The van der Waals surface area contributed by atoms with E-state index in [-0.39, 0.29) is 7.43 Å². The Kier molecular flexibility index (Phi) is 10.4. The molecule has 0 aliphatic carbocycles. The normalized spacial score (nSPS) is 20.2. The van der Waals surface area contributed by atoms with Gasteiger partial charge in [-0.2, -0.15) is 0 Å². The van der Waals surface area contributed by atoms with E-state index in [1.54, 1.807) is 41.5 Å². The van der Waals surface area contributed by atoms with Gasteiger partial charge in [0.15, 0.2) is 0 Å². The average Bonchev–Trinajstić information content (AvgIpc) is 2.67. The van der Waals surface area contributed by atoms with Crippen LogP contribution in [0.4, 0.5) is 0 Å². The molecule has 0 saturated heterocycles. The minimum absolute atomic E-state index is 0. The van der Waals surface area contributed by atoms with Gasteiger partial charge in [0.2, 0.25) is 0 Å². The summed E-state index contributed by atoms with van der Waals surface area (Å²) in [7, 11) is 0. The fourth-order valence-corrected chi connectivity index (χ4v) is 0.738.